The molecule has 0 saturated heterocycles. The molecule has 18 heavy (non-hydrogen) atoms. The van der Waals surface area contributed by atoms with E-state index in [1.165, 1.54) is 0 Å². The molecule has 1 aliphatic rings. The van der Waals surface area contributed by atoms with Crippen LogP contribution < -0.4 is 0 Å². The predicted octanol–water partition coefficient (Wildman–Crippen LogP) is 0.783. The second kappa shape index (κ2) is 5.89. The summed E-state index contributed by atoms with van der Waals surface area (Å²) >= 11 is 0. The molecule has 0 unspecified atom stereocenters. The van der Waals surface area contributed by atoms with Crippen molar-refractivity contribution in [3.8, 4) is 0 Å². The molecule has 0 aromatic rings. The maximum atomic E-state index is 12.1. The second-order valence-electron chi connectivity index (χ2n) is 4.19. The maximum absolute atomic E-state index is 12.1. The van der Waals surface area contributed by atoms with Gasteiger partial charge in [-0.2, -0.15) is 0 Å². The van der Waals surface area contributed by atoms with Gasteiger partial charge in [0.1, 0.15) is 0 Å². The minimum absolute atomic E-state index is 0.0165. The molecular formula is C14H16O4. The number of hydrogen-bond donors (Lipinski definition) is 2. The van der Waals surface area contributed by atoms with E-state index in [1.807, 2.05) is 0 Å². The Kier molecular flexibility index (Phi) is 4.76. The first-order valence-electron chi connectivity index (χ1n) is 5.59. The Morgan fingerprint density at radius 3 is 2.06 bits per heavy atom. The molecule has 0 aliphatic heterocycles. The van der Waals surface area contributed by atoms with E-state index in [-0.39, 0.29) is 23.4 Å². The van der Waals surface area contributed by atoms with Crippen LogP contribution in [-0.2, 0) is 9.59 Å². The minimum atomic E-state index is -0.553. The summed E-state index contributed by atoms with van der Waals surface area (Å²) in [7, 11) is 0. The molecule has 0 aromatic heterocycles. The van der Waals surface area contributed by atoms with Gasteiger partial charge in [0.25, 0.3) is 0 Å². The van der Waals surface area contributed by atoms with Crippen molar-refractivity contribution < 1.29 is 19.8 Å². The molecule has 0 saturated carbocycles. The van der Waals surface area contributed by atoms with Crippen LogP contribution in [0.3, 0.4) is 0 Å². The highest BCUT2D eigenvalue weighted by atomic mass is 16.3. The maximum Gasteiger partial charge on any atom is 0.188 e. The molecule has 0 spiro atoms. The van der Waals surface area contributed by atoms with Gasteiger partial charge >= 0.3 is 0 Å². The fourth-order valence-electron chi connectivity index (χ4n) is 1.83. The van der Waals surface area contributed by atoms with E-state index < -0.39 is 19.0 Å². The summed E-state index contributed by atoms with van der Waals surface area (Å²) in [5.41, 5.74) is 1.14. The molecule has 2 radical (unpaired) electrons. The smallest absolute Gasteiger partial charge is 0.188 e. The number of ketones is 2. The van der Waals surface area contributed by atoms with Crippen molar-refractivity contribution in [2.45, 2.75) is 20.3 Å². The molecule has 96 valence electrons. The van der Waals surface area contributed by atoms with E-state index in [0.717, 1.165) is 0 Å². The number of allylic oxidation sites excluding steroid dienone is 4. The summed E-state index contributed by atoms with van der Waals surface area (Å²) < 4.78 is 0. The molecular weight excluding hydrogens is 232 g/mol. The van der Waals surface area contributed by atoms with Crippen LogP contribution >= 0.6 is 0 Å². The zero-order valence-electron chi connectivity index (χ0n) is 10.5. The van der Waals surface area contributed by atoms with Crippen molar-refractivity contribution in [1.29, 1.82) is 0 Å². The van der Waals surface area contributed by atoms with Gasteiger partial charge in [-0.1, -0.05) is 11.6 Å². The van der Waals surface area contributed by atoms with E-state index in [4.69, 9.17) is 17.1 Å². The van der Waals surface area contributed by atoms with E-state index in [2.05, 4.69) is 0 Å². The summed E-state index contributed by atoms with van der Waals surface area (Å²) in [4.78, 5) is 24.0. The molecule has 0 fully saturated rings. The van der Waals surface area contributed by atoms with Gasteiger partial charge in [0.05, 0.1) is 13.2 Å². The molecule has 0 aromatic carbocycles. The van der Waals surface area contributed by atoms with E-state index in [1.54, 1.807) is 19.9 Å². The molecule has 1 rings (SSSR count). The summed E-state index contributed by atoms with van der Waals surface area (Å²) in [6.45, 7) is 7.63. The highest BCUT2D eigenvalue weighted by Gasteiger charge is 2.30. The summed E-state index contributed by atoms with van der Waals surface area (Å²) in [6, 6.07) is 0. The average molecular weight is 248 g/mol. The molecule has 0 amide bonds. The van der Waals surface area contributed by atoms with Gasteiger partial charge in [0.2, 0.25) is 0 Å². The van der Waals surface area contributed by atoms with Crippen molar-refractivity contribution in [2.75, 3.05) is 13.2 Å². The number of carbonyl (C=O) groups excluding carboxylic acids is 2. The van der Waals surface area contributed by atoms with Gasteiger partial charge in [0.15, 0.2) is 11.6 Å². The lowest BCUT2D eigenvalue weighted by Gasteiger charge is -2.19. The Morgan fingerprint density at radius 1 is 1.11 bits per heavy atom. The molecule has 4 nitrogen and oxygen atoms in total. The summed E-state index contributed by atoms with van der Waals surface area (Å²) in [6.07, 6.45) is 1.89. The average Bonchev–Trinajstić information content (AvgIpc) is 2.32. The van der Waals surface area contributed by atoms with Crippen LogP contribution in [0, 0.1) is 6.92 Å². The fourth-order valence-corrected chi connectivity index (χ4v) is 1.83. The van der Waals surface area contributed by atoms with E-state index >= 15 is 0 Å². The Hall–Kier alpha value is -1.52. The quantitative estimate of drug-likeness (QED) is 0.721. The zero-order chi connectivity index (χ0) is 13.9. The molecule has 0 bridgehead atoms. The van der Waals surface area contributed by atoms with Crippen LogP contribution in [0.25, 0.3) is 0 Å². The lowest BCUT2D eigenvalue weighted by Crippen LogP contribution is -2.26. The SMILES string of the molecule is [CH]/C(C)=C/CC1=C(C)C(=O)C(CO)=C(CO)C1=O. The van der Waals surface area contributed by atoms with Crippen LogP contribution in [0.5, 0.6) is 0 Å². The van der Waals surface area contributed by atoms with Crippen LogP contribution in [0.1, 0.15) is 20.3 Å². The van der Waals surface area contributed by atoms with Gasteiger partial charge in [-0.25, -0.2) is 0 Å². The van der Waals surface area contributed by atoms with Gasteiger partial charge in [-0.3, -0.25) is 9.59 Å². The van der Waals surface area contributed by atoms with Crippen molar-refractivity contribution in [1.82, 2.24) is 0 Å². The third-order valence-corrected chi connectivity index (χ3v) is 2.92. The number of Topliss-reactive ketones (excluding diaryl/α,β-unsaturated/α-hetero) is 2. The molecule has 2 N–H and O–H groups in total. The lowest BCUT2D eigenvalue weighted by molar-refractivity contribution is -0.117. The fraction of sp³-hybridized carbons (Fsp3) is 0.357. The number of hydrogen-bond acceptors (Lipinski definition) is 4. The van der Waals surface area contributed by atoms with E-state index in [9.17, 15) is 9.59 Å². The van der Waals surface area contributed by atoms with Gasteiger partial charge in [-0.15, -0.1) is 0 Å². The summed E-state index contributed by atoms with van der Waals surface area (Å²) in [5.74, 6) is -0.782. The minimum Gasteiger partial charge on any atom is -0.392 e. The number of rotatable bonds is 4. The van der Waals surface area contributed by atoms with E-state index in [0.29, 0.717) is 16.7 Å². The molecule has 0 heterocycles. The van der Waals surface area contributed by atoms with Gasteiger partial charge < -0.3 is 10.2 Å². The second-order valence-corrected chi connectivity index (χ2v) is 4.19. The highest BCUT2D eigenvalue weighted by molar-refractivity contribution is 6.25. The molecule has 1 aliphatic carbocycles. The molecule has 0 atom stereocenters. The van der Waals surface area contributed by atoms with Crippen molar-refractivity contribution in [2.24, 2.45) is 0 Å². The number of aliphatic hydroxyl groups is 2. The normalized spacial score (nSPS) is 17.9. The van der Waals surface area contributed by atoms with Crippen molar-refractivity contribution in [3.63, 3.8) is 0 Å². The summed E-state index contributed by atoms with van der Waals surface area (Å²) in [5, 5.41) is 18.3. The Labute approximate surface area is 106 Å². The van der Waals surface area contributed by atoms with Gasteiger partial charge in [-0.05, 0) is 27.2 Å². The van der Waals surface area contributed by atoms with Crippen LogP contribution in [0.2, 0.25) is 0 Å². The van der Waals surface area contributed by atoms with Gasteiger partial charge in [0, 0.05) is 22.3 Å². The third-order valence-electron chi connectivity index (χ3n) is 2.92. The van der Waals surface area contributed by atoms with Crippen LogP contribution in [-0.4, -0.2) is 35.0 Å². The lowest BCUT2D eigenvalue weighted by atomic mass is 9.83. The monoisotopic (exact) mass is 248 g/mol. The Bertz CT molecular complexity index is 474. The number of carbonyl (C=O) groups is 2. The third kappa shape index (κ3) is 2.66. The van der Waals surface area contributed by atoms with Crippen molar-refractivity contribution >= 4 is 11.6 Å². The topological polar surface area (TPSA) is 74.6 Å². The predicted molar refractivity (Wildman–Crippen MR) is 66.6 cm³/mol. The Balaban J connectivity index is 3.22. The zero-order valence-corrected chi connectivity index (χ0v) is 10.5. The molecule has 4 heteroatoms. The first kappa shape index (κ1) is 14.5. The number of aliphatic hydroxyl groups excluding tert-OH is 2. The highest BCUT2D eigenvalue weighted by Crippen LogP contribution is 2.26. The first-order valence-corrected chi connectivity index (χ1v) is 5.59. The van der Waals surface area contributed by atoms with Crippen molar-refractivity contribution in [3.05, 3.63) is 40.9 Å². The Morgan fingerprint density at radius 2 is 1.61 bits per heavy atom. The first-order chi connectivity index (χ1) is 8.43. The standard InChI is InChI=1S/C14H16O4/c1-8(2)4-5-10-9(3)13(17)11(6-15)12(7-16)14(10)18/h1,4,15-16H,5-7H2,2-3H3/b8-4-. The van der Waals surface area contributed by atoms with Crippen LogP contribution in [0.15, 0.2) is 33.9 Å². The largest absolute Gasteiger partial charge is 0.392 e. The van der Waals surface area contributed by atoms with Crippen LogP contribution in [0.4, 0.5) is 0 Å².